The number of quaternary nitrogens is 1. The standard InChI is InChI=1S/C40H81N3O2.CH2O3/c1-4-6-8-10-12-14-16-18-20-22-24-26-28-30-32-34-39(44)42-37-36-41-38(3)43-40(45)35-33-31-29-27-25-23-21-19-17-15-13-11-9-7-5-2;2-1(3)4/h38,41H,4-37H2,1-3H3,(H,42,44)(H,43,45);(H2,2,3,4)/p-1. The fraction of sp³-hybridized carbons (Fsp3) is 0.927. The molecule has 0 aromatic rings. The first kappa shape index (κ1) is 49.3. The zero-order chi connectivity index (χ0) is 36.5. The van der Waals surface area contributed by atoms with E-state index in [1.54, 1.807) is 0 Å². The normalized spacial score (nSPS) is 11.5. The van der Waals surface area contributed by atoms with E-state index in [2.05, 4.69) is 29.8 Å². The summed E-state index contributed by atoms with van der Waals surface area (Å²) in [4.78, 5) is 32.7. The molecule has 1 unspecified atom stereocenters. The Balaban J connectivity index is 0. The molecule has 8 heteroatoms. The number of hydrogen-bond donors (Lipinski definition) is 3. The summed E-state index contributed by atoms with van der Waals surface area (Å²) in [5.74, 6) is 0.327. The van der Waals surface area contributed by atoms with E-state index in [1.165, 1.54) is 173 Å². The lowest BCUT2D eigenvalue weighted by molar-refractivity contribution is -0.687. The molecule has 0 aliphatic heterocycles. The molecule has 0 radical (unpaired) electrons. The van der Waals surface area contributed by atoms with Crippen molar-refractivity contribution >= 4 is 18.0 Å². The van der Waals surface area contributed by atoms with Crippen molar-refractivity contribution in [3.8, 4) is 0 Å². The zero-order valence-corrected chi connectivity index (χ0v) is 32.7. The molecule has 0 aromatic heterocycles. The molecule has 49 heavy (non-hydrogen) atoms. The van der Waals surface area contributed by atoms with Crippen molar-refractivity contribution in [2.24, 2.45) is 0 Å². The molecular weight excluding hydrogens is 614 g/mol. The van der Waals surface area contributed by atoms with Crippen molar-refractivity contribution in [1.82, 2.24) is 10.6 Å². The van der Waals surface area contributed by atoms with Crippen molar-refractivity contribution in [3.63, 3.8) is 0 Å². The fourth-order valence-corrected chi connectivity index (χ4v) is 6.33. The second-order valence-corrected chi connectivity index (χ2v) is 14.4. The molecule has 0 saturated carbocycles. The molecule has 0 saturated heterocycles. The fourth-order valence-electron chi connectivity index (χ4n) is 6.33. The van der Waals surface area contributed by atoms with E-state index < -0.39 is 6.16 Å². The van der Waals surface area contributed by atoms with E-state index in [9.17, 15) is 9.59 Å². The Morgan fingerprint density at radius 1 is 0.469 bits per heavy atom. The summed E-state index contributed by atoms with van der Waals surface area (Å²) in [5.41, 5.74) is 0. The molecule has 0 rings (SSSR count). The second-order valence-electron chi connectivity index (χ2n) is 14.4. The van der Waals surface area contributed by atoms with Gasteiger partial charge in [-0.2, -0.15) is 0 Å². The van der Waals surface area contributed by atoms with Crippen molar-refractivity contribution in [2.75, 3.05) is 13.1 Å². The first-order chi connectivity index (χ1) is 23.8. The number of carbonyl (C=O) groups is 3. The maximum atomic E-state index is 12.2. The average Bonchev–Trinajstić information content (AvgIpc) is 3.06. The Labute approximate surface area is 303 Å². The smallest absolute Gasteiger partial charge is 0.224 e. The van der Waals surface area contributed by atoms with Gasteiger partial charge < -0.3 is 31.0 Å². The van der Waals surface area contributed by atoms with E-state index in [0.29, 0.717) is 19.4 Å². The van der Waals surface area contributed by atoms with Crippen LogP contribution in [0.25, 0.3) is 0 Å². The summed E-state index contributed by atoms with van der Waals surface area (Å²) >= 11 is 0. The van der Waals surface area contributed by atoms with Gasteiger partial charge in [-0.25, -0.2) is 0 Å². The quantitative estimate of drug-likeness (QED) is 0.0444. The maximum Gasteiger partial charge on any atom is 0.224 e. The first-order valence-corrected chi connectivity index (χ1v) is 21.1. The highest BCUT2D eigenvalue weighted by Gasteiger charge is 2.09. The van der Waals surface area contributed by atoms with E-state index in [0.717, 1.165) is 25.8 Å². The molecule has 1 atom stereocenters. The molecule has 0 aromatic carbocycles. The minimum atomic E-state index is -2.33. The first-order valence-electron chi connectivity index (χ1n) is 21.1. The van der Waals surface area contributed by atoms with E-state index in [1.807, 2.05) is 6.92 Å². The highest BCUT2D eigenvalue weighted by Crippen LogP contribution is 2.15. The van der Waals surface area contributed by atoms with Crippen LogP contribution in [0, 0.1) is 0 Å². The SMILES string of the molecule is CCCCCCCCCCCCCCCCCC(=O)NCC[NH2+]C(C)NC(=O)CCCCCCCCCCCCCCCCC.O=C([O-])[O-]. The number of carboxylic acid groups (broad SMARTS) is 2. The van der Waals surface area contributed by atoms with Crippen molar-refractivity contribution in [2.45, 2.75) is 232 Å². The van der Waals surface area contributed by atoms with Gasteiger partial charge in [-0.3, -0.25) is 9.59 Å². The van der Waals surface area contributed by atoms with Gasteiger partial charge in [-0.1, -0.05) is 194 Å². The lowest BCUT2D eigenvalue weighted by atomic mass is 10.0. The van der Waals surface area contributed by atoms with Crippen molar-refractivity contribution in [1.29, 1.82) is 0 Å². The largest absolute Gasteiger partial charge is 0.652 e. The molecule has 292 valence electrons. The van der Waals surface area contributed by atoms with Crippen LogP contribution in [-0.4, -0.2) is 37.2 Å². The van der Waals surface area contributed by atoms with Gasteiger partial charge in [0.15, 0.2) is 6.17 Å². The molecule has 8 nitrogen and oxygen atoms in total. The van der Waals surface area contributed by atoms with Crippen LogP contribution < -0.4 is 26.2 Å². The topological polar surface area (TPSA) is 138 Å². The van der Waals surface area contributed by atoms with Crippen LogP contribution in [0.3, 0.4) is 0 Å². The van der Waals surface area contributed by atoms with Crippen LogP contribution in [0.15, 0.2) is 0 Å². The molecule has 0 fully saturated rings. The Bertz CT molecular complexity index is 703. The number of nitrogens with one attached hydrogen (secondary N) is 2. The van der Waals surface area contributed by atoms with Crippen molar-refractivity contribution < 1.29 is 29.9 Å². The van der Waals surface area contributed by atoms with E-state index in [4.69, 9.17) is 15.0 Å². The van der Waals surface area contributed by atoms with Crippen molar-refractivity contribution in [3.05, 3.63) is 0 Å². The average molecular weight is 697 g/mol. The van der Waals surface area contributed by atoms with Gasteiger partial charge in [-0.05, 0) is 19.0 Å². The van der Waals surface area contributed by atoms with Crippen LogP contribution in [-0.2, 0) is 9.59 Å². The Kier molecular flexibility index (Phi) is 42.6. The number of hydrogen-bond acceptors (Lipinski definition) is 5. The predicted molar refractivity (Wildman–Crippen MR) is 202 cm³/mol. The van der Waals surface area contributed by atoms with Gasteiger partial charge in [0.25, 0.3) is 0 Å². The Hall–Kier alpha value is -1.83. The Morgan fingerprint density at radius 2 is 0.735 bits per heavy atom. The molecule has 2 amide bonds. The second kappa shape index (κ2) is 42.3. The van der Waals surface area contributed by atoms with Crippen LogP contribution in [0.4, 0.5) is 4.79 Å². The number of carbonyl (C=O) groups excluding carboxylic acids is 3. The highest BCUT2D eigenvalue weighted by molar-refractivity contribution is 5.76. The number of amides is 2. The predicted octanol–water partition coefficient (Wildman–Crippen LogP) is 8.20. The summed E-state index contributed by atoms with van der Waals surface area (Å²) in [6, 6.07) is 0. The summed E-state index contributed by atoms with van der Waals surface area (Å²) in [5, 5.41) is 24.9. The van der Waals surface area contributed by atoms with E-state index >= 15 is 0 Å². The van der Waals surface area contributed by atoms with E-state index in [-0.39, 0.29) is 18.0 Å². The van der Waals surface area contributed by atoms with Gasteiger partial charge in [-0.15, -0.1) is 0 Å². The van der Waals surface area contributed by atoms with Gasteiger partial charge in [0.2, 0.25) is 11.8 Å². The van der Waals surface area contributed by atoms with Crippen LogP contribution >= 0.6 is 0 Å². The monoisotopic (exact) mass is 697 g/mol. The molecule has 0 bridgehead atoms. The summed E-state index contributed by atoms with van der Waals surface area (Å²) in [7, 11) is 0. The molecule has 0 heterocycles. The third kappa shape index (κ3) is 48.3. The number of nitrogens with two attached hydrogens (primary N) is 1. The lowest BCUT2D eigenvalue weighted by Crippen LogP contribution is -2.93. The van der Waals surface area contributed by atoms with Gasteiger partial charge >= 0.3 is 0 Å². The van der Waals surface area contributed by atoms with Crippen LogP contribution in [0.5, 0.6) is 0 Å². The van der Waals surface area contributed by atoms with Gasteiger partial charge in [0, 0.05) is 19.8 Å². The highest BCUT2D eigenvalue weighted by atomic mass is 16.6. The number of rotatable bonds is 37. The zero-order valence-electron chi connectivity index (χ0n) is 32.7. The summed E-state index contributed by atoms with van der Waals surface area (Å²) in [6.45, 7) is 8.06. The minimum Gasteiger partial charge on any atom is -0.652 e. The molecule has 0 aliphatic rings. The summed E-state index contributed by atoms with van der Waals surface area (Å²) in [6.07, 6.45) is 39.3. The minimum absolute atomic E-state index is 0.0568. The third-order valence-corrected chi connectivity index (χ3v) is 9.39. The molecular formula is C41H82N3O5-. The molecule has 4 N–H and O–H groups in total. The maximum absolute atomic E-state index is 12.2. The number of unbranched alkanes of at least 4 members (excludes halogenated alkanes) is 28. The molecule has 0 aliphatic carbocycles. The van der Waals surface area contributed by atoms with Gasteiger partial charge in [0.05, 0.1) is 13.1 Å². The van der Waals surface area contributed by atoms with Gasteiger partial charge in [0.1, 0.15) is 0 Å². The van der Waals surface area contributed by atoms with Crippen LogP contribution in [0.2, 0.25) is 0 Å². The lowest BCUT2D eigenvalue weighted by Gasteiger charge is -2.13. The van der Waals surface area contributed by atoms with Crippen LogP contribution in [0.1, 0.15) is 226 Å². The Morgan fingerprint density at radius 3 is 1.04 bits per heavy atom. The molecule has 0 spiro atoms. The summed E-state index contributed by atoms with van der Waals surface area (Å²) < 4.78 is 0. The third-order valence-electron chi connectivity index (χ3n) is 9.39.